The largest absolute Gasteiger partial charge is 0.206 e. The van der Waals surface area contributed by atoms with E-state index < -0.39 is 0 Å². The van der Waals surface area contributed by atoms with Crippen LogP contribution in [0.1, 0.15) is 43.7 Å². The van der Waals surface area contributed by atoms with Gasteiger partial charge in [0.05, 0.1) is 0 Å². The second kappa shape index (κ2) is 10.0. The van der Waals surface area contributed by atoms with Crippen LogP contribution in [0.5, 0.6) is 0 Å². The SMILES string of the molecule is C=CCCc1ccc(-c2ccc(-c3ccc(CCCCC)cc3)cc2F)cc1. The van der Waals surface area contributed by atoms with Crippen LogP contribution in [0.25, 0.3) is 22.3 Å². The Balaban J connectivity index is 1.74. The predicted molar refractivity (Wildman–Crippen MR) is 119 cm³/mol. The maximum absolute atomic E-state index is 14.8. The van der Waals surface area contributed by atoms with Crippen LogP contribution in [0.3, 0.4) is 0 Å². The summed E-state index contributed by atoms with van der Waals surface area (Å²) in [6, 6.07) is 22.2. The Labute approximate surface area is 168 Å². The molecule has 144 valence electrons. The molecule has 0 amide bonds. The zero-order chi connectivity index (χ0) is 19.8. The Morgan fingerprint density at radius 2 is 1.36 bits per heavy atom. The van der Waals surface area contributed by atoms with Crippen LogP contribution < -0.4 is 0 Å². The van der Waals surface area contributed by atoms with Crippen molar-refractivity contribution in [3.8, 4) is 22.3 Å². The van der Waals surface area contributed by atoms with Crippen LogP contribution in [0, 0.1) is 5.82 Å². The minimum Gasteiger partial charge on any atom is -0.206 e. The number of halogens is 1. The summed E-state index contributed by atoms with van der Waals surface area (Å²) in [5, 5.41) is 0. The first-order valence-corrected chi connectivity index (χ1v) is 10.3. The lowest BCUT2D eigenvalue weighted by atomic mass is 9.97. The van der Waals surface area contributed by atoms with E-state index in [2.05, 4.69) is 49.9 Å². The van der Waals surface area contributed by atoms with Crippen molar-refractivity contribution in [3.05, 3.63) is 96.3 Å². The highest BCUT2D eigenvalue weighted by Crippen LogP contribution is 2.28. The molecule has 0 fully saturated rings. The lowest BCUT2D eigenvalue weighted by molar-refractivity contribution is 0.632. The molecule has 0 atom stereocenters. The van der Waals surface area contributed by atoms with E-state index in [0.29, 0.717) is 5.56 Å². The molecule has 0 aliphatic rings. The van der Waals surface area contributed by atoms with E-state index in [-0.39, 0.29) is 5.82 Å². The highest BCUT2D eigenvalue weighted by Gasteiger charge is 2.08. The quantitative estimate of drug-likeness (QED) is 0.263. The highest BCUT2D eigenvalue weighted by atomic mass is 19.1. The van der Waals surface area contributed by atoms with E-state index >= 15 is 0 Å². The average Bonchev–Trinajstić information content (AvgIpc) is 2.73. The third-order valence-electron chi connectivity index (χ3n) is 5.23. The lowest BCUT2D eigenvalue weighted by Crippen LogP contribution is -1.89. The van der Waals surface area contributed by atoms with Crippen molar-refractivity contribution in [1.82, 2.24) is 0 Å². The van der Waals surface area contributed by atoms with Gasteiger partial charge in [0.2, 0.25) is 0 Å². The first-order valence-electron chi connectivity index (χ1n) is 10.3. The van der Waals surface area contributed by atoms with Crippen molar-refractivity contribution in [2.75, 3.05) is 0 Å². The molecule has 3 aromatic rings. The minimum absolute atomic E-state index is 0.177. The van der Waals surface area contributed by atoms with Gasteiger partial charge < -0.3 is 0 Å². The number of rotatable bonds is 9. The molecule has 3 aromatic carbocycles. The maximum atomic E-state index is 14.8. The third kappa shape index (κ3) is 5.19. The molecule has 0 bridgehead atoms. The summed E-state index contributed by atoms with van der Waals surface area (Å²) in [6.45, 7) is 5.98. The number of hydrogen-bond donors (Lipinski definition) is 0. The Bertz CT molecular complexity index is 889. The molecule has 0 radical (unpaired) electrons. The topological polar surface area (TPSA) is 0 Å². The van der Waals surface area contributed by atoms with E-state index in [1.807, 2.05) is 30.3 Å². The van der Waals surface area contributed by atoms with Gasteiger partial charge >= 0.3 is 0 Å². The summed E-state index contributed by atoms with van der Waals surface area (Å²) < 4.78 is 14.8. The first kappa shape index (κ1) is 20.1. The van der Waals surface area contributed by atoms with E-state index in [1.54, 1.807) is 6.07 Å². The fourth-order valence-corrected chi connectivity index (χ4v) is 3.49. The second-order valence-electron chi connectivity index (χ2n) is 7.37. The van der Waals surface area contributed by atoms with Crippen molar-refractivity contribution in [2.24, 2.45) is 0 Å². The van der Waals surface area contributed by atoms with Crippen molar-refractivity contribution in [1.29, 1.82) is 0 Å². The Kier molecular flexibility index (Phi) is 7.19. The van der Waals surface area contributed by atoms with Crippen molar-refractivity contribution < 1.29 is 4.39 Å². The van der Waals surface area contributed by atoms with Gasteiger partial charge in [-0.3, -0.25) is 0 Å². The Morgan fingerprint density at radius 1 is 0.750 bits per heavy atom. The fraction of sp³-hybridized carbons (Fsp3) is 0.259. The van der Waals surface area contributed by atoms with Gasteiger partial charge in [0.1, 0.15) is 5.82 Å². The maximum Gasteiger partial charge on any atom is 0.131 e. The lowest BCUT2D eigenvalue weighted by Gasteiger charge is -2.09. The van der Waals surface area contributed by atoms with Gasteiger partial charge in [-0.05, 0) is 59.6 Å². The van der Waals surface area contributed by atoms with Crippen molar-refractivity contribution in [3.63, 3.8) is 0 Å². The zero-order valence-corrected chi connectivity index (χ0v) is 16.8. The summed E-state index contributed by atoms with van der Waals surface area (Å²) in [6.07, 6.45) is 8.70. The fourth-order valence-electron chi connectivity index (χ4n) is 3.49. The molecule has 0 saturated heterocycles. The molecule has 0 nitrogen and oxygen atoms in total. The van der Waals surface area contributed by atoms with Crippen LogP contribution >= 0.6 is 0 Å². The van der Waals surface area contributed by atoms with Crippen LogP contribution in [0.2, 0.25) is 0 Å². The average molecular weight is 373 g/mol. The molecule has 0 aliphatic heterocycles. The second-order valence-corrected chi connectivity index (χ2v) is 7.37. The van der Waals surface area contributed by atoms with Gasteiger partial charge in [-0.2, -0.15) is 0 Å². The number of hydrogen-bond acceptors (Lipinski definition) is 0. The predicted octanol–water partition coefficient (Wildman–Crippen LogP) is 8.01. The zero-order valence-electron chi connectivity index (χ0n) is 16.8. The van der Waals surface area contributed by atoms with E-state index in [4.69, 9.17) is 0 Å². The molecule has 0 aromatic heterocycles. The molecular weight excluding hydrogens is 343 g/mol. The third-order valence-corrected chi connectivity index (χ3v) is 5.23. The van der Waals surface area contributed by atoms with E-state index in [9.17, 15) is 4.39 Å². The summed E-state index contributed by atoms with van der Waals surface area (Å²) in [4.78, 5) is 0. The van der Waals surface area contributed by atoms with Crippen molar-refractivity contribution in [2.45, 2.75) is 45.4 Å². The molecule has 1 heteroatoms. The van der Waals surface area contributed by atoms with Gasteiger partial charge in [0.25, 0.3) is 0 Å². The summed E-state index contributed by atoms with van der Waals surface area (Å²) >= 11 is 0. The number of unbranched alkanes of at least 4 members (excludes halogenated alkanes) is 2. The molecule has 0 N–H and O–H groups in total. The molecule has 0 saturated carbocycles. The molecule has 0 aliphatic carbocycles. The number of allylic oxidation sites excluding steroid dienone is 1. The van der Waals surface area contributed by atoms with Gasteiger partial charge in [0.15, 0.2) is 0 Å². The van der Waals surface area contributed by atoms with Gasteiger partial charge in [-0.25, -0.2) is 4.39 Å². The minimum atomic E-state index is -0.177. The van der Waals surface area contributed by atoms with E-state index in [0.717, 1.165) is 36.0 Å². The molecule has 3 rings (SSSR count). The molecule has 0 heterocycles. The van der Waals surface area contributed by atoms with Gasteiger partial charge in [0, 0.05) is 5.56 Å². The van der Waals surface area contributed by atoms with E-state index in [1.165, 1.54) is 30.4 Å². The Hall–Kier alpha value is -2.67. The molecule has 28 heavy (non-hydrogen) atoms. The smallest absolute Gasteiger partial charge is 0.131 e. The molecule has 0 unspecified atom stereocenters. The summed E-state index contributed by atoms with van der Waals surface area (Å²) in [7, 11) is 0. The van der Waals surface area contributed by atoms with Crippen LogP contribution in [-0.4, -0.2) is 0 Å². The van der Waals surface area contributed by atoms with Crippen molar-refractivity contribution >= 4 is 0 Å². The normalized spacial score (nSPS) is 10.8. The highest BCUT2D eigenvalue weighted by molar-refractivity contribution is 5.71. The number of aryl methyl sites for hydroxylation is 2. The van der Waals surface area contributed by atoms with Gasteiger partial charge in [-0.1, -0.05) is 86.5 Å². The van der Waals surface area contributed by atoms with Crippen LogP contribution in [0.4, 0.5) is 4.39 Å². The Morgan fingerprint density at radius 3 is 1.96 bits per heavy atom. The molecule has 0 spiro atoms. The first-order chi connectivity index (χ1) is 13.7. The van der Waals surface area contributed by atoms with Crippen LogP contribution in [0.15, 0.2) is 79.4 Å². The molecular formula is C27H29F. The summed E-state index contributed by atoms with van der Waals surface area (Å²) in [5.41, 5.74) is 6.15. The van der Waals surface area contributed by atoms with Gasteiger partial charge in [-0.15, -0.1) is 6.58 Å². The number of benzene rings is 3. The monoisotopic (exact) mass is 372 g/mol. The standard InChI is InChI=1S/C27H29F/c1-3-5-7-9-22-10-14-23(15-11-22)25-18-19-26(27(28)20-25)24-16-12-21(13-17-24)8-6-4-2/h4,10-20H,2-3,5-9H2,1H3. The van der Waals surface area contributed by atoms with Crippen LogP contribution in [-0.2, 0) is 12.8 Å². The summed E-state index contributed by atoms with van der Waals surface area (Å²) in [5.74, 6) is -0.177.